The van der Waals surface area contributed by atoms with Crippen LogP contribution in [0.2, 0.25) is 0 Å². The molecule has 2 atom stereocenters. The Bertz CT molecular complexity index is 349. The summed E-state index contributed by atoms with van der Waals surface area (Å²) >= 11 is 0. The third kappa shape index (κ3) is 2.43. The highest BCUT2D eigenvalue weighted by Crippen LogP contribution is 2.34. The molecule has 0 spiro atoms. The minimum Gasteiger partial charge on any atom is -0.467 e. The third-order valence-electron chi connectivity index (χ3n) is 3.07. The molecular formula is C12H21NO5. The summed E-state index contributed by atoms with van der Waals surface area (Å²) in [6.07, 6.45) is -0.452. The van der Waals surface area contributed by atoms with E-state index in [4.69, 9.17) is 14.2 Å². The Morgan fingerprint density at radius 2 is 1.83 bits per heavy atom. The molecule has 1 saturated heterocycles. The maximum Gasteiger partial charge on any atom is 0.410 e. The van der Waals surface area contributed by atoms with Crippen LogP contribution in [0.4, 0.5) is 4.79 Å². The van der Waals surface area contributed by atoms with E-state index in [1.807, 2.05) is 0 Å². The first-order valence-electron chi connectivity index (χ1n) is 5.81. The van der Waals surface area contributed by atoms with Gasteiger partial charge in [0, 0.05) is 7.11 Å². The average molecular weight is 259 g/mol. The average Bonchev–Trinajstić information content (AvgIpc) is 2.25. The second kappa shape index (κ2) is 4.76. The van der Waals surface area contributed by atoms with Gasteiger partial charge >= 0.3 is 12.1 Å². The van der Waals surface area contributed by atoms with Crippen molar-refractivity contribution in [3.05, 3.63) is 0 Å². The molecule has 1 amide bonds. The lowest BCUT2D eigenvalue weighted by atomic mass is 9.84. The van der Waals surface area contributed by atoms with Crippen LogP contribution in [0.3, 0.4) is 0 Å². The molecule has 18 heavy (non-hydrogen) atoms. The van der Waals surface area contributed by atoms with Gasteiger partial charge in [-0.05, 0) is 27.7 Å². The first-order chi connectivity index (χ1) is 8.18. The van der Waals surface area contributed by atoms with Crippen molar-refractivity contribution < 1.29 is 23.8 Å². The summed E-state index contributed by atoms with van der Waals surface area (Å²) in [5.74, 6) is -0.475. The van der Waals surface area contributed by atoms with Crippen molar-refractivity contribution in [1.82, 2.24) is 4.90 Å². The molecule has 0 radical (unpaired) electrons. The molecule has 1 fully saturated rings. The highest BCUT2D eigenvalue weighted by atomic mass is 16.6. The van der Waals surface area contributed by atoms with Crippen LogP contribution >= 0.6 is 0 Å². The largest absolute Gasteiger partial charge is 0.467 e. The maximum absolute atomic E-state index is 11.9. The smallest absolute Gasteiger partial charge is 0.410 e. The lowest BCUT2D eigenvalue weighted by Gasteiger charge is -2.52. The molecule has 0 aromatic heterocycles. The van der Waals surface area contributed by atoms with E-state index in [-0.39, 0.29) is 6.54 Å². The van der Waals surface area contributed by atoms with Crippen LogP contribution in [-0.4, -0.2) is 55.0 Å². The van der Waals surface area contributed by atoms with E-state index in [1.165, 1.54) is 19.1 Å². The van der Waals surface area contributed by atoms with Gasteiger partial charge in [-0.15, -0.1) is 0 Å². The molecular weight excluding hydrogens is 238 g/mol. The summed E-state index contributed by atoms with van der Waals surface area (Å²) in [6, 6.07) is -0.412. The van der Waals surface area contributed by atoms with E-state index in [1.54, 1.807) is 27.7 Å². The molecule has 0 aromatic rings. The molecule has 104 valence electrons. The van der Waals surface area contributed by atoms with Crippen molar-refractivity contribution in [2.24, 2.45) is 0 Å². The van der Waals surface area contributed by atoms with E-state index in [0.29, 0.717) is 0 Å². The fourth-order valence-electron chi connectivity index (χ4n) is 1.93. The second-order valence-electron chi connectivity index (χ2n) is 5.37. The minimum atomic E-state index is -1.08. The molecule has 0 bridgehead atoms. The summed E-state index contributed by atoms with van der Waals surface area (Å²) in [6.45, 7) is 7.25. The molecule has 1 rings (SSSR count). The Hall–Kier alpha value is -1.30. The molecule has 0 aliphatic carbocycles. The predicted octanol–water partition coefficient (Wildman–Crippen LogP) is 1.18. The fourth-order valence-corrected chi connectivity index (χ4v) is 1.93. The standard InChI is InChI=1S/C12H21NO5/c1-8-12(17-6,9(14)16-5)7-13(8)10(15)18-11(2,3)4/h8H,7H2,1-6H3/t8-,12?/m0/s1. The van der Waals surface area contributed by atoms with Gasteiger partial charge in [-0.3, -0.25) is 4.90 Å². The normalized spacial score (nSPS) is 27.4. The number of likely N-dealkylation sites (tertiary alicyclic amines) is 1. The maximum atomic E-state index is 11.9. The van der Waals surface area contributed by atoms with Crippen LogP contribution in [0.15, 0.2) is 0 Å². The first kappa shape index (κ1) is 14.8. The topological polar surface area (TPSA) is 65.1 Å². The van der Waals surface area contributed by atoms with Crippen molar-refractivity contribution in [3.8, 4) is 0 Å². The quantitative estimate of drug-likeness (QED) is 0.697. The first-order valence-corrected chi connectivity index (χ1v) is 5.81. The van der Waals surface area contributed by atoms with Gasteiger partial charge in [0.15, 0.2) is 0 Å². The molecule has 6 heteroatoms. The number of carbonyl (C=O) groups excluding carboxylic acids is 2. The summed E-state index contributed by atoms with van der Waals surface area (Å²) < 4.78 is 15.2. The predicted molar refractivity (Wildman–Crippen MR) is 64.2 cm³/mol. The van der Waals surface area contributed by atoms with Gasteiger partial charge in [0.25, 0.3) is 0 Å². The van der Waals surface area contributed by atoms with E-state index in [9.17, 15) is 9.59 Å². The number of amides is 1. The number of carbonyl (C=O) groups is 2. The molecule has 0 saturated carbocycles. The van der Waals surface area contributed by atoms with Crippen molar-refractivity contribution in [3.63, 3.8) is 0 Å². The van der Waals surface area contributed by atoms with E-state index < -0.39 is 29.3 Å². The molecule has 0 N–H and O–H groups in total. The highest BCUT2D eigenvalue weighted by Gasteiger charge is 2.60. The molecule has 0 aromatic carbocycles. The zero-order valence-electron chi connectivity index (χ0n) is 11.8. The molecule has 1 aliphatic heterocycles. The number of hydrogen-bond donors (Lipinski definition) is 0. The van der Waals surface area contributed by atoms with E-state index in [2.05, 4.69) is 0 Å². The number of ether oxygens (including phenoxy) is 3. The van der Waals surface area contributed by atoms with Gasteiger partial charge in [0.05, 0.1) is 19.7 Å². The Balaban J connectivity index is 2.72. The minimum absolute atomic E-state index is 0.145. The van der Waals surface area contributed by atoms with Crippen molar-refractivity contribution >= 4 is 12.1 Å². The summed E-state index contributed by atoms with van der Waals surface area (Å²) in [5.41, 5.74) is -1.64. The lowest BCUT2D eigenvalue weighted by molar-refractivity contribution is -0.200. The van der Waals surface area contributed by atoms with Gasteiger partial charge in [-0.2, -0.15) is 0 Å². The Morgan fingerprint density at radius 1 is 1.28 bits per heavy atom. The van der Waals surface area contributed by atoms with Gasteiger partial charge in [0.2, 0.25) is 5.60 Å². The van der Waals surface area contributed by atoms with E-state index in [0.717, 1.165) is 0 Å². The summed E-state index contributed by atoms with van der Waals surface area (Å²) in [7, 11) is 2.73. The second-order valence-corrected chi connectivity index (χ2v) is 5.37. The van der Waals surface area contributed by atoms with Crippen LogP contribution in [0.25, 0.3) is 0 Å². The Kier molecular flexibility index (Phi) is 3.90. The lowest BCUT2D eigenvalue weighted by Crippen LogP contribution is -2.74. The number of nitrogens with zero attached hydrogens (tertiary/aromatic N) is 1. The molecule has 1 unspecified atom stereocenters. The van der Waals surface area contributed by atoms with Crippen LogP contribution in [0.5, 0.6) is 0 Å². The Labute approximate surface area is 107 Å². The third-order valence-corrected chi connectivity index (χ3v) is 3.07. The van der Waals surface area contributed by atoms with Crippen LogP contribution in [-0.2, 0) is 19.0 Å². The van der Waals surface area contributed by atoms with Crippen LogP contribution in [0.1, 0.15) is 27.7 Å². The molecule has 1 heterocycles. The SMILES string of the molecule is COC(=O)C1(OC)CN(C(=O)OC(C)(C)C)[C@H]1C. The van der Waals surface area contributed by atoms with Gasteiger partial charge < -0.3 is 14.2 Å². The summed E-state index contributed by atoms with van der Waals surface area (Å²) in [4.78, 5) is 25.0. The van der Waals surface area contributed by atoms with Crippen molar-refractivity contribution in [2.75, 3.05) is 20.8 Å². The van der Waals surface area contributed by atoms with Crippen LogP contribution in [0, 0.1) is 0 Å². The zero-order valence-corrected chi connectivity index (χ0v) is 11.8. The monoisotopic (exact) mass is 259 g/mol. The number of esters is 1. The Morgan fingerprint density at radius 3 is 2.17 bits per heavy atom. The number of methoxy groups -OCH3 is 2. The van der Waals surface area contributed by atoms with Gasteiger partial charge in [-0.1, -0.05) is 0 Å². The highest BCUT2D eigenvalue weighted by molar-refractivity contribution is 5.85. The van der Waals surface area contributed by atoms with Gasteiger partial charge in [0.1, 0.15) is 5.60 Å². The zero-order chi connectivity index (χ0) is 14.1. The van der Waals surface area contributed by atoms with Gasteiger partial charge in [-0.25, -0.2) is 9.59 Å². The summed E-state index contributed by atoms with van der Waals surface area (Å²) in [5, 5.41) is 0. The van der Waals surface area contributed by atoms with Crippen molar-refractivity contribution in [2.45, 2.75) is 44.9 Å². The van der Waals surface area contributed by atoms with E-state index >= 15 is 0 Å². The van der Waals surface area contributed by atoms with Crippen molar-refractivity contribution in [1.29, 1.82) is 0 Å². The number of rotatable bonds is 2. The molecule has 1 aliphatic rings. The fraction of sp³-hybridized carbons (Fsp3) is 0.833. The van der Waals surface area contributed by atoms with Crippen LogP contribution < -0.4 is 0 Å². The molecule has 6 nitrogen and oxygen atoms in total. The number of hydrogen-bond acceptors (Lipinski definition) is 5.